The molecule has 1 aromatic heterocycles. The molecule has 2 rings (SSSR count). The lowest BCUT2D eigenvalue weighted by atomic mass is 10.1. The minimum atomic E-state index is -3.75. The van der Waals surface area contributed by atoms with Gasteiger partial charge in [-0.15, -0.1) is 0 Å². The molecule has 0 spiro atoms. The number of halogens is 1. The molecule has 0 radical (unpaired) electrons. The number of nitrogens with zero attached hydrogens (tertiary/aromatic N) is 1. The summed E-state index contributed by atoms with van der Waals surface area (Å²) in [5, 5.41) is 0.310. The first-order valence-electron chi connectivity index (χ1n) is 9.83. The topological polar surface area (TPSA) is 82.6 Å². The number of hydrogen-bond donors (Lipinski definition) is 0. The first-order valence-corrected chi connectivity index (χ1v) is 11.6. The predicted octanol–water partition coefficient (Wildman–Crippen LogP) is 5.12. The third-order valence-electron chi connectivity index (χ3n) is 4.17. The van der Waals surface area contributed by atoms with Crippen molar-refractivity contribution in [1.82, 2.24) is 4.98 Å². The number of aryl methyl sites for hydroxylation is 2. The van der Waals surface area contributed by atoms with Gasteiger partial charge in [0.15, 0.2) is 0 Å². The highest BCUT2D eigenvalue weighted by molar-refractivity contribution is 7.86. The van der Waals surface area contributed by atoms with Crippen molar-refractivity contribution in [1.29, 1.82) is 0 Å². The van der Waals surface area contributed by atoms with Gasteiger partial charge in [-0.25, -0.2) is 9.78 Å². The molecular weight excluding hydrogens is 426 g/mol. The lowest BCUT2D eigenvalue weighted by molar-refractivity contribution is 0.00677. The van der Waals surface area contributed by atoms with Gasteiger partial charge in [0.2, 0.25) is 0 Å². The van der Waals surface area contributed by atoms with E-state index in [2.05, 4.69) is 4.98 Å². The van der Waals surface area contributed by atoms with Gasteiger partial charge in [-0.1, -0.05) is 35.7 Å². The molecule has 0 aliphatic heterocycles. The quantitative estimate of drug-likeness (QED) is 0.227. The summed E-state index contributed by atoms with van der Waals surface area (Å²) in [5.41, 5.74) is 1.35. The van der Waals surface area contributed by atoms with Crippen LogP contribution in [0.1, 0.15) is 61.6 Å². The minimum Gasteiger partial charge on any atom is -0.456 e. The third-order valence-corrected chi connectivity index (χ3v) is 5.70. The third kappa shape index (κ3) is 7.70. The summed E-state index contributed by atoms with van der Waals surface area (Å²) in [6.07, 6.45) is 2.51. The Balaban J connectivity index is 1.85. The summed E-state index contributed by atoms with van der Waals surface area (Å²) in [4.78, 5) is 16.8. The van der Waals surface area contributed by atoms with E-state index in [1.165, 1.54) is 12.1 Å². The van der Waals surface area contributed by atoms with Crippen molar-refractivity contribution in [3.8, 4) is 0 Å². The molecule has 1 aromatic carbocycles. The lowest BCUT2D eigenvalue weighted by Crippen LogP contribution is -2.24. The van der Waals surface area contributed by atoms with Gasteiger partial charge in [0, 0.05) is 0 Å². The Hall–Kier alpha value is -1.96. The predicted molar refractivity (Wildman–Crippen MR) is 116 cm³/mol. The van der Waals surface area contributed by atoms with Crippen molar-refractivity contribution in [3.63, 3.8) is 0 Å². The number of carbonyl (C=O) groups excluding carboxylic acids is 1. The van der Waals surface area contributed by atoms with Gasteiger partial charge in [0.25, 0.3) is 10.1 Å². The number of esters is 1. The van der Waals surface area contributed by atoms with Gasteiger partial charge in [-0.3, -0.25) is 4.18 Å². The van der Waals surface area contributed by atoms with Crippen molar-refractivity contribution in [3.05, 3.63) is 58.4 Å². The monoisotopic (exact) mass is 453 g/mol. The Morgan fingerprint density at radius 2 is 1.70 bits per heavy atom. The average molecular weight is 454 g/mol. The summed E-state index contributed by atoms with van der Waals surface area (Å²) in [5.74, 6) is -0.436. The zero-order valence-electron chi connectivity index (χ0n) is 17.8. The molecule has 0 saturated heterocycles. The molecule has 0 bridgehead atoms. The maximum absolute atomic E-state index is 12.4. The zero-order valence-corrected chi connectivity index (χ0v) is 19.3. The lowest BCUT2D eigenvalue weighted by Gasteiger charge is -2.20. The molecule has 1 heterocycles. The maximum Gasteiger partial charge on any atom is 0.340 e. The average Bonchev–Trinajstić information content (AvgIpc) is 2.63. The number of benzene rings is 1. The Morgan fingerprint density at radius 3 is 2.33 bits per heavy atom. The highest BCUT2D eigenvalue weighted by Crippen LogP contribution is 2.19. The van der Waals surface area contributed by atoms with Gasteiger partial charge >= 0.3 is 5.97 Å². The van der Waals surface area contributed by atoms with Crippen LogP contribution in [0.2, 0.25) is 5.15 Å². The SMILES string of the molecule is Cc1ccc(S(=O)(=O)OCCCCCc2nc(Cl)ccc2C(=O)OC(C)(C)C)cc1. The van der Waals surface area contributed by atoms with Crippen molar-refractivity contribution in [2.45, 2.75) is 63.9 Å². The van der Waals surface area contributed by atoms with Gasteiger partial charge < -0.3 is 4.74 Å². The second-order valence-corrected chi connectivity index (χ2v) is 10.0. The second kappa shape index (κ2) is 10.4. The van der Waals surface area contributed by atoms with E-state index in [0.29, 0.717) is 42.1 Å². The fraction of sp³-hybridized carbons (Fsp3) is 0.455. The van der Waals surface area contributed by atoms with E-state index in [9.17, 15) is 13.2 Å². The summed E-state index contributed by atoms with van der Waals surface area (Å²) in [6.45, 7) is 7.40. The van der Waals surface area contributed by atoms with Crippen molar-refractivity contribution in [2.75, 3.05) is 6.61 Å². The van der Waals surface area contributed by atoms with E-state index in [-0.39, 0.29) is 11.5 Å². The first-order chi connectivity index (χ1) is 14.0. The highest BCUT2D eigenvalue weighted by atomic mass is 35.5. The van der Waals surface area contributed by atoms with Gasteiger partial charge in [-0.05, 0) is 71.2 Å². The molecular formula is C22H28ClNO5S. The number of pyridine rings is 1. The fourth-order valence-corrected chi connectivity index (χ4v) is 3.80. The molecule has 164 valence electrons. The van der Waals surface area contributed by atoms with Crippen LogP contribution < -0.4 is 0 Å². The fourth-order valence-electron chi connectivity index (χ4n) is 2.70. The smallest absolute Gasteiger partial charge is 0.340 e. The molecule has 0 saturated carbocycles. The summed E-state index contributed by atoms with van der Waals surface area (Å²) in [7, 11) is -3.75. The van der Waals surface area contributed by atoms with Gasteiger partial charge in [-0.2, -0.15) is 8.42 Å². The van der Waals surface area contributed by atoms with E-state index < -0.39 is 21.7 Å². The minimum absolute atomic E-state index is 0.0953. The summed E-state index contributed by atoms with van der Waals surface area (Å²) < 4.78 is 34.9. The van der Waals surface area contributed by atoms with Crippen molar-refractivity contribution in [2.24, 2.45) is 0 Å². The molecule has 8 heteroatoms. The normalized spacial score (nSPS) is 12.0. The standard InChI is InChI=1S/C22H28ClNO5S/c1-16-9-11-17(12-10-16)30(26,27)28-15-7-5-6-8-19-18(13-14-20(23)24-19)21(25)29-22(2,3)4/h9-14H,5-8,15H2,1-4H3. The molecule has 0 aliphatic carbocycles. The van der Waals surface area contributed by atoms with Crippen LogP contribution in [0, 0.1) is 6.92 Å². The van der Waals surface area contributed by atoms with Crippen LogP contribution in [0.25, 0.3) is 0 Å². The van der Waals surface area contributed by atoms with Crippen molar-refractivity contribution < 1.29 is 22.1 Å². The van der Waals surface area contributed by atoms with E-state index in [4.69, 9.17) is 20.5 Å². The Bertz CT molecular complexity index is 966. The molecule has 2 aromatic rings. The molecule has 0 atom stereocenters. The summed E-state index contributed by atoms with van der Waals surface area (Å²) >= 11 is 5.99. The molecule has 0 fully saturated rings. The molecule has 0 unspecified atom stereocenters. The number of ether oxygens (including phenoxy) is 1. The number of unbranched alkanes of at least 4 members (excludes halogenated alkanes) is 2. The number of hydrogen-bond acceptors (Lipinski definition) is 6. The van der Waals surface area contributed by atoms with E-state index in [1.807, 2.05) is 6.92 Å². The zero-order chi connectivity index (χ0) is 22.4. The highest BCUT2D eigenvalue weighted by Gasteiger charge is 2.21. The maximum atomic E-state index is 12.4. The molecule has 0 N–H and O–H groups in total. The molecule has 30 heavy (non-hydrogen) atoms. The van der Waals surface area contributed by atoms with E-state index in [0.717, 1.165) is 5.56 Å². The van der Waals surface area contributed by atoms with Crippen LogP contribution in [0.3, 0.4) is 0 Å². The first kappa shape index (κ1) is 24.3. The van der Waals surface area contributed by atoms with Crippen LogP contribution in [-0.4, -0.2) is 31.6 Å². The van der Waals surface area contributed by atoms with E-state index >= 15 is 0 Å². The number of rotatable bonds is 9. The van der Waals surface area contributed by atoms with Crippen LogP contribution in [0.5, 0.6) is 0 Å². The Labute approximate surface area is 183 Å². The summed E-state index contributed by atoms with van der Waals surface area (Å²) in [6, 6.07) is 9.72. The number of aromatic nitrogens is 1. The molecule has 0 amide bonds. The van der Waals surface area contributed by atoms with Crippen LogP contribution in [-0.2, 0) is 25.5 Å². The van der Waals surface area contributed by atoms with Crippen LogP contribution >= 0.6 is 11.6 Å². The molecule has 0 aliphatic rings. The Kier molecular flexibility index (Phi) is 8.41. The largest absolute Gasteiger partial charge is 0.456 e. The Morgan fingerprint density at radius 1 is 1.03 bits per heavy atom. The van der Waals surface area contributed by atoms with Crippen LogP contribution in [0.15, 0.2) is 41.3 Å². The number of carbonyl (C=O) groups is 1. The van der Waals surface area contributed by atoms with Crippen molar-refractivity contribution >= 4 is 27.7 Å². The van der Waals surface area contributed by atoms with Crippen LogP contribution in [0.4, 0.5) is 0 Å². The van der Waals surface area contributed by atoms with Gasteiger partial charge in [0.05, 0.1) is 22.8 Å². The second-order valence-electron chi connectivity index (χ2n) is 8.03. The van der Waals surface area contributed by atoms with E-state index in [1.54, 1.807) is 45.0 Å². The molecule has 6 nitrogen and oxygen atoms in total. The van der Waals surface area contributed by atoms with Gasteiger partial charge in [0.1, 0.15) is 10.8 Å².